The van der Waals surface area contributed by atoms with E-state index < -0.39 is 0 Å². The summed E-state index contributed by atoms with van der Waals surface area (Å²) in [5, 5.41) is 0. The van der Waals surface area contributed by atoms with Crippen molar-refractivity contribution < 1.29 is 14.4 Å². The zero-order valence-electron chi connectivity index (χ0n) is 15.9. The van der Waals surface area contributed by atoms with Crippen molar-refractivity contribution in [2.24, 2.45) is 0 Å². The molecule has 1 aliphatic heterocycles. The second-order valence-electron chi connectivity index (χ2n) is 7.98. The van der Waals surface area contributed by atoms with Gasteiger partial charge in [0.25, 0.3) is 17.7 Å². The predicted molar refractivity (Wildman–Crippen MR) is 104 cm³/mol. The van der Waals surface area contributed by atoms with Gasteiger partial charge in [-0.25, -0.2) is 0 Å². The second kappa shape index (κ2) is 6.30. The van der Waals surface area contributed by atoms with Crippen molar-refractivity contribution in [3.63, 3.8) is 0 Å². The molecule has 5 heteroatoms. The number of amides is 3. The Hall–Kier alpha value is -2.95. The summed E-state index contributed by atoms with van der Waals surface area (Å²) in [6.45, 7) is 0. The molecule has 142 valence electrons. The van der Waals surface area contributed by atoms with E-state index in [1.807, 2.05) is 11.0 Å². The highest BCUT2D eigenvalue weighted by atomic mass is 16.2. The van der Waals surface area contributed by atoms with Gasteiger partial charge in [-0.15, -0.1) is 0 Å². The van der Waals surface area contributed by atoms with Crippen molar-refractivity contribution in [2.45, 2.75) is 44.2 Å². The van der Waals surface area contributed by atoms with Gasteiger partial charge in [0.1, 0.15) is 0 Å². The van der Waals surface area contributed by atoms with Gasteiger partial charge in [-0.2, -0.15) is 0 Å². The third-order valence-corrected chi connectivity index (χ3v) is 6.18. The van der Waals surface area contributed by atoms with Gasteiger partial charge >= 0.3 is 0 Å². The smallest absolute Gasteiger partial charge is 0.261 e. The SMILES string of the molecule is CN1C(=O)c2ccc(C(=O)N(C3CC3)[C@H]3CCCc4ccccc43)cc2C1=O. The molecule has 0 unspecified atom stereocenters. The Labute approximate surface area is 163 Å². The monoisotopic (exact) mass is 374 g/mol. The molecule has 0 bridgehead atoms. The van der Waals surface area contributed by atoms with Gasteiger partial charge in [0, 0.05) is 18.7 Å². The molecule has 1 saturated carbocycles. The van der Waals surface area contributed by atoms with Gasteiger partial charge in [-0.05, 0) is 61.4 Å². The van der Waals surface area contributed by atoms with Crippen LogP contribution in [0.1, 0.15) is 73.9 Å². The van der Waals surface area contributed by atoms with E-state index in [1.165, 1.54) is 18.2 Å². The van der Waals surface area contributed by atoms with Crippen LogP contribution in [-0.4, -0.2) is 40.6 Å². The van der Waals surface area contributed by atoms with Crippen LogP contribution >= 0.6 is 0 Å². The summed E-state index contributed by atoms with van der Waals surface area (Å²) in [5.41, 5.74) is 3.78. The Balaban J connectivity index is 1.52. The van der Waals surface area contributed by atoms with Crippen molar-refractivity contribution in [1.29, 1.82) is 0 Å². The summed E-state index contributed by atoms with van der Waals surface area (Å²) in [5.74, 6) is -0.684. The first-order chi connectivity index (χ1) is 13.6. The van der Waals surface area contributed by atoms with Gasteiger partial charge < -0.3 is 4.90 Å². The summed E-state index contributed by atoms with van der Waals surface area (Å²) < 4.78 is 0. The molecular formula is C23H22N2O3. The molecule has 0 saturated heterocycles. The summed E-state index contributed by atoms with van der Waals surface area (Å²) in [6, 6.07) is 13.7. The first-order valence-electron chi connectivity index (χ1n) is 9.93. The summed E-state index contributed by atoms with van der Waals surface area (Å²) in [6.07, 6.45) is 5.14. The average molecular weight is 374 g/mol. The minimum Gasteiger partial charge on any atom is -0.329 e. The number of imide groups is 1. The molecule has 5 nitrogen and oxygen atoms in total. The van der Waals surface area contributed by atoms with E-state index in [0.29, 0.717) is 16.7 Å². The predicted octanol–water partition coefficient (Wildman–Crippen LogP) is 3.59. The summed E-state index contributed by atoms with van der Waals surface area (Å²) in [7, 11) is 1.47. The topological polar surface area (TPSA) is 57.7 Å². The van der Waals surface area contributed by atoms with Gasteiger partial charge in [-0.3, -0.25) is 19.3 Å². The Kier molecular flexibility index (Phi) is 3.86. The summed E-state index contributed by atoms with van der Waals surface area (Å²) >= 11 is 0. The fraction of sp³-hybridized carbons (Fsp3) is 0.348. The van der Waals surface area contributed by atoms with E-state index in [0.717, 1.165) is 37.0 Å². The lowest BCUT2D eigenvalue weighted by Crippen LogP contribution is -2.38. The maximum atomic E-state index is 13.5. The number of carbonyl (C=O) groups excluding carboxylic acids is 3. The quantitative estimate of drug-likeness (QED) is 0.772. The lowest BCUT2D eigenvalue weighted by atomic mass is 9.86. The van der Waals surface area contributed by atoms with Crippen LogP contribution in [0.3, 0.4) is 0 Å². The highest BCUT2D eigenvalue weighted by Crippen LogP contribution is 2.41. The van der Waals surface area contributed by atoms with Crippen molar-refractivity contribution in [3.05, 3.63) is 70.3 Å². The molecule has 5 rings (SSSR count). The molecule has 1 atom stereocenters. The van der Waals surface area contributed by atoms with E-state index in [2.05, 4.69) is 18.2 Å². The highest BCUT2D eigenvalue weighted by molar-refractivity contribution is 6.21. The lowest BCUT2D eigenvalue weighted by molar-refractivity contribution is 0.0637. The van der Waals surface area contributed by atoms with Gasteiger partial charge in [-0.1, -0.05) is 24.3 Å². The standard InChI is InChI=1S/C23H22N2O3/c1-24-22(27)18-12-9-15(13-19(18)23(24)28)21(26)25(16-10-11-16)20-8-4-6-14-5-2-3-7-17(14)20/h2-3,5,7,9,12-13,16,20H,4,6,8,10-11H2,1H3/t20-/m0/s1. The third-order valence-electron chi connectivity index (χ3n) is 6.18. The average Bonchev–Trinajstić information content (AvgIpc) is 3.54. The van der Waals surface area contributed by atoms with E-state index in [9.17, 15) is 14.4 Å². The van der Waals surface area contributed by atoms with Crippen LogP contribution in [-0.2, 0) is 6.42 Å². The van der Waals surface area contributed by atoms with Crippen molar-refractivity contribution in [3.8, 4) is 0 Å². The number of aryl methyl sites for hydroxylation is 1. The zero-order valence-corrected chi connectivity index (χ0v) is 15.9. The van der Waals surface area contributed by atoms with Crippen LogP contribution in [0.25, 0.3) is 0 Å². The maximum Gasteiger partial charge on any atom is 0.261 e. The Morgan fingerprint density at radius 2 is 1.75 bits per heavy atom. The highest BCUT2D eigenvalue weighted by Gasteiger charge is 2.40. The summed E-state index contributed by atoms with van der Waals surface area (Å²) in [4.78, 5) is 41.1. The third kappa shape index (κ3) is 2.57. The van der Waals surface area contributed by atoms with Crippen molar-refractivity contribution >= 4 is 17.7 Å². The number of hydrogen-bond donors (Lipinski definition) is 0. The second-order valence-corrected chi connectivity index (χ2v) is 7.98. The van der Waals surface area contributed by atoms with Crippen LogP contribution in [0.15, 0.2) is 42.5 Å². The van der Waals surface area contributed by atoms with Gasteiger partial charge in [0.15, 0.2) is 0 Å². The molecule has 0 radical (unpaired) electrons. The van der Waals surface area contributed by atoms with Crippen LogP contribution in [0.2, 0.25) is 0 Å². The number of benzene rings is 2. The molecule has 2 aliphatic carbocycles. The zero-order chi connectivity index (χ0) is 19.4. The minimum absolute atomic E-state index is 0.0400. The lowest BCUT2D eigenvalue weighted by Gasteiger charge is -2.36. The minimum atomic E-state index is -0.337. The molecule has 3 aliphatic rings. The molecule has 1 fully saturated rings. The molecule has 2 aromatic carbocycles. The maximum absolute atomic E-state index is 13.5. The fourth-order valence-corrected chi connectivity index (χ4v) is 4.58. The molecule has 0 N–H and O–H groups in total. The van der Waals surface area contributed by atoms with Crippen LogP contribution in [0.4, 0.5) is 0 Å². The number of carbonyl (C=O) groups is 3. The molecule has 28 heavy (non-hydrogen) atoms. The van der Waals surface area contributed by atoms with Crippen LogP contribution in [0, 0.1) is 0 Å². The number of nitrogens with zero attached hydrogens (tertiary/aromatic N) is 2. The molecule has 3 amide bonds. The molecular weight excluding hydrogens is 352 g/mol. The van der Waals surface area contributed by atoms with E-state index in [-0.39, 0.29) is 29.8 Å². The normalized spacial score (nSPS) is 20.8. The van der Waals surface area contributed by atoms with Crippen molar-refractivity contribution in [1.82, 2.24) is 9.80 Å². The molecule has 2 aromatic rings. The number of rotatable bonds is 3. The van der Waals surface area contributed by atoms with Gasteiger partial charge in [0.05, 0.1) is 17.2 Å². The van der Waals surface area contributed by atoms with E-state index in [4.69, 9.17) is 0 Å². The van der Waals surface area contributed by atoms with Crippen LogP contribution < -0.4 is 0 Å². The Morgan fingerprint density at radius 1 is 1.00 bits per heavy atom. The first kappa shape index (κ1) is 17.2. The van der Waals surface area contributed by atoms with E-state index in [1.54, 1.807) is 18.2 Å². The Bertz CT molecular complexity index is 1010. The first-order valence-corrected chi connectivity index (χ1v) is 9.93. The Morgan fingerprint density at radius 3 is 2.54 bits per heavy atom. The van der Waals surface area contributed by atoms with Crippen molar-refractivity contribution in [2.75, 3.05) is 7.05 Å². The molecule has 1 heterocycles. The fourth-order valence-electron chi connectivity index (χ4n) is 4.58. The molecule has 0 aromatic heterocycles. The van der Waals surface area contributed by atoms with E-state index >= 15 is 0 Å². The largest absolute Gasteiger partial charge is 0.329 e. The van der Waals surface area contributed by atoms with Crippen LogP contribution in [0.5, 0.6) is 0 Å². The number of fused-ring (bicyclic) bond motifs is 2. The number of hydrogen-bond acceptors (Lipinski definition) is 3. The van der Waals surface area contributed by atoms with Gasteiger partial charge in [0.2, 0.25) is 0 Å². The molecule has 0 spiro atoms.